The molecule has 57 heavy (non-hydrogen) atoms. The molecule has 5 aromatic heterocycles. The first-order chi connectivity index (χ1) is 28.2. The fraction of sp³-hybridized carbons (Fsp3) is 0. The van der Waals surface area contributed by atoms with Gasteiger partial charge in [0, 0.05) is 58.6 Å². The SMILES string of the molecule is c1ccc(-c2nc(-c3cccc4sc5ccc(-c6nc(-c7ccccc7)c7oc8ccccc8c7n6)cc5c34)nc(-n3c4ccccc4c4ccccc43)n2)cc1. The van der Waals surface area contributed by atoms with Crippen molar-refractivity contribution in [2.24, 2.45) is 0 Å². The van der Waals surface area contributed by atoms with Gasteiger partial charge in [-0.15, -0.1) is 11.3 Å². The Balaban J connectivity index is 1.10. The molecule has 0 spiro atoms. The van der Waals surface area contributed by atoms with Gasteiger partial charge in [0.2, 0.25) is 5.95 Å². The van der Waals surface area contributed by atoms with Crippen LogP contribution in [0.2, 0.25) is 0 Å². The second-order valence-corrected chi connectivity index (χ2v) is 15.1. The van der Waals surface area contributed by atoms with E-state index in [0.717, 1.165) is 86.4 Å². The van der Waals surface area contributed by atoms with Crippen molar-refractivity contribution in [2.75, 3.05) is 0 Å². The van der Waals surface area contributed by atoms with E-state index in [1.807, 2.05) is 66.7 Å². The molecule has 12 aromatic rings. The van der Waals surface area contributed by atoms with E-state index in [2.05, 4.69) is 108 Å². The minimum Gasteiger partial charge on any atom is -0.452 e. The Morgan fingerprint density at radius 3 is 1.86 bits per heavy atom. The minimum atomic E-state index is 0.566. The van der Waals surface area contributed by atoms with Crippen molar-refractivity contribution >= 4 is 75.4 Å². The van der Waals surface area contributed by atoms with Gasteiger partial charge < -0.3 is 4.42 Å². The van der Waals surface area contributed by atoms with Crippen molar-refractivity contribution in [1.29, 1.82) is 0 Å². The molecule has 12 rings (SSSR count). The van der Waals surface area contributed by atoms with E-state index in [9.17, 15) is 0 Å². The Morgan fingerprint density at radius 1 is 0.439 bits per heavy atom. The Kier molecular flexibility index (Phi) is 6.96. The predicted molar refractivity (Wildman–Crippen MR) is 232 cm³/mol. The summed E-state index contributed by atoms with van der Waals surface area (Å²) >= 11 is 1.75. The van der Waals surface area contributed by atoms with Crippen LogP contribution in [0.25, 0.3) is 115 Å². The number of rotatable bonds is 5. The van der Waals surface area contributed by atoms with Crippen LogP contribution < -0.4 is 0 Å². The highest BCUT2D eigenvalue weighted by molar-refractivity contribution is 7.26. The molecule has 0 unspecified atom stereocenters. The Morgan fingerprint density at radius 2 is 1.09 bits per heavy atom. The van der Waals surface area contributed by atoms with E-state index in [1.54, 1.807) is 11.3 Å². The van der Waals surface area contributed by atoms with E-state index < -0.39 is 0 Å². The topological polar surface area (TPSA) is 82.5 Å². The average molecular weight is 749 g/mol. The standard InChI is InChI=1S/C49H28N6OS/c1-3-14-29(15-4-1)43-45-44(34-20-9-12-24-39(34)56-45)51-47(50-43)31-26-27-40-36(28-31)42-35(21-13-25-41(42)57-40)48-52-46(30-16-5-2-6-17-30)53-49(54-48)55-37-22-10-7-18-32(37)33-19-8-11-23-38(33)55/h1-28H. The van der Waals surface area contributed by atoms with Crippen LogP contribution in [0.5, 0.6) is 0 Å². The second-order valence-electron chi connectivity index (χ2n) is 14.0. The molecule has 7 nitrogen and oxygen atoms in total. The fourth-order valence-electron chi connectivity index (χ4n) is 8.10. The van der Waals surface area contributed by atoms with E-state index in [-0.39, 0.29) is 0 Å². The number of thiophene rings is 1. The van der Waals surface area contributed by atoms with Crippen LogP contribution in [-0.4, -0.2) is 29.5 Å². The van der Waals surface area contributed by atoms with Crippen LogP contribution in [-0.2, 0) is 0 Å². The van der Waals surface area contributed by atoms with Gasteiger partial charge >= 0.3 is 0 Å². The van der Waals surface area contributed by atoms with Gasteiger partial charge in [-0.25, -0.2) is 15.0 Å². The molecule has 0 atom stereocenters. The average Bonchev–Trinajstić information content (AvgIpc) is 3.96. The fourth-order valence-corrected chi connectivity index (χ4v) is 9.22. The maximum absolute atomic E-state index is 6.39. The zero-order chi connectivity index (χ0) is 37.5. The summed E-state index contributed by atoms with van der Waals surface area (Å²) in [5.41, 5.74) is 8.82. The van der Waals surface area contributed by atoms with E-state index in [1.165, 1.54) is 0 Å². The smallest absolute Gasteiger partial charge is 0.238 e. The summed E-state index contributed by atoms with van der Waals surface area (Å²) in [5, 5.41) is 5.42. The molecule has 266 valence electrons. The maximum atomic E-state index is 6.39. The van der Waals surface area contributed by atoms with E-state index in [0.29, 0.717) is 29.0 Å². The molecule has 0 N–H and O–H groups in total. The summed E-state index contributed by atoms with van der Waals surface area (Å²) in [4.78, 5) is 26.0. The Bertz CT molecular complexity index is 3480. The highest BCUT2D eigenvalue weighted by atomic mass is 32.1. The monoisotopic (exact) mass is 748 g/mol. The van der Waals surface area contributed by atoms with Gasteiger partial charge in [-0.2, -0.15) is 9.97 Å². The van der Waals surface area contributed by atoms with Crippen molar-refractivity contribution in [1.82, 2.24) is 29.5 Å². The van der Waals surface area contributed by atoms with Gasteiger partial charge in [-0.05, 0) is 48.5 Å². The lowest BCUT2D eigenvalue weighted by Gasteiger charge is -2.11. The predicted octanol–water partition coefficient (Wildman–Crippen LogP) is 12.7. The highest BCUT2D eigenvalue weighted by Gasteiger charge is 2.22. The van der Waals surface area contributed by atoms with E-state index >= 15 is 0 Å². The summed E-state index contributed by atoms with van der Waals surface area (Å²) in [6, 6.07) is 58.1. The zero-order valence-electron chi connectivity index (χ0n) is 30.2. The van der Waals surface area contributed by atoms with Crippen molar-refractivity contribution in [3.8, 4) is 51.4 Å². The highest BCUT2D eigenvalue weighted by Crippen LogP contribution is 2.42. The van der Waals surface area contributed by atoms with Crippen molar-refractivity contribution in [3.05, 3.63) is 170 Å². The van der Waals surface area contributed by atoms with Gasteiger partial charge in [0.1, 0.15) is 16.8 Å². The molecule has 5 heterocycles. The third kappa shape index (κ3) is 5.01. The third-order valence-corrected chi connectivity index (χ3v) is 11.8. The number of fused-ring (bicyclic) bond motifs is 9. The van der Waals surface area contributed by atoms with Crippen LogP contribution in [0.15, 0.2) is 174 Å². The number of para-hydroxylation sites is 3. The largest absolute Gasteiger partial charge is 0.452 e. The van der Waals surface area contributed by atoms with Crippen LogP contribution in [0, 0.1) is 0 Å². The first kappa shape index (κ1) is 31.8. The van der Waals surface area contributed by atoms with Crippen molar-refractivity contribution in [3.63, 3.8) is 0 Å². The number of aromatic nitrogens is 6. The molecule has 0 saturated carbocycles. The van der Waals surface area contributed by atoms with E-state index in [4.69, 9.17) is 29.3 Å². The van der Waals surface area contributed by atoms with Gasteiger partial charge in [-0.3, -0.25) is 4.57 Å². The third-order valence-electron chi connectivity index (χ3n) is 10.7. The molecule has 0 aliphatic carbocycles. The lowest BCUT2D eigenvalue weighted by Crippen LogP contribution is -2.06. The Labute approximate surface area is 329 Å². The maximum Gasteiger partial charge on any atom is 0.238 e. The number of furan rings is 1. The number of hydrogen-bond donors (Lipinski definition) is 0. The lowest BCUT2D eigenvalue weighted by atomic mass is 10.0. The first-order valence-corrected chi connectivity index (χ1v) is 19.6. The van der Waals surface area contributed by atoms with Crippen LogP contribution in [0.4, 0.5) is 0 Å². The quantitative estimate of drug-likeness (QED) is 0.174. The molecule has 7 aromatic carbocycles. The first-order valence-electron chi connectivity index (χ1n) is 18.8. The summed E-state index contributed by atoms with van der Waals surface area (Å²) in [6.07, 6.45) is 0. The summed E-state index contributed by atoms with van der Waals surface area (Å²) in [7, 11) is 0. The molecular formula is C49H28N6OS. The van der Waals surface area contributed by atoms with Crippen molar-refractivity contribution in [2.45, 2.75) is 0 Å². The molecule has 0 radical (unpaired) electrons. The Hall–Kier alpha value is -7.55. The molecule has 0 fully saturated rings. The number of hydrogen-bond acceptors (Lipinski definition) is 7. The molecule has 8 heteroatoms. The zero-order valence-corrected chi connectivity index (χ0v) is 31.0. The molecule has 0 aliphatic heterocycles. The van der Waals surface area contributed by atoms with Crippen molar-refractivity contribution < 1.29 is 4.42 Å². The summed E-state index contributed by atoms with van der Waals surface area (Å²) in [6.45, 7) is 0. The molecule has 0 bridgehead atoms. The minimum absolute atomic E-state index is 0.566. The normalized spacial score (nSPS) is 11.9. The molecular weight excluding hydrogens is 721 g/mol. The van der Waals surface area contributed by atoms with Crippen LogP contribution in [0.3, 0.4) is 0 Å². The molecule has 0 aliphatic rings. The molecule has 0 saturated heterocycles. The summed E-state index contributed by atoms with van der Waals surface area (Å²) in [5.74, 6) is 2.41. The lowest BCUT2D eigenvalue weighted by molar-refractivity contribution is 0.667. The van der Waals surface area contributed by atoms with Crippen LogP contribution >= 0.6 is 11.3 Å². The van der Waals surface area contributed by atoms with Gasteiger partial charge in [-0.1, -0.05) is 121 Å². The summed E-state index contributed by atoms with van der Waals surface area (Å²) < 4.78 is 10.8. The van der Waals surface area contributed by atoms with Gasteiger partial charge in [0.05, 0.1) is 11.0 Å². The number of nitrogens with zero attached hydrogens (tertiary/aromatic N) is 6. The molecule has 0 amide bonds. The van der Waals surface area contributed by atoms with Gasteiger partial charge in [0.25, 0.3) is 0 Å². The second kappa shape index (κ2) is 12.5. The van der Waals surface area contributed by atoms with Crippen LogP contribution in [0.1, 0.15) is 0 Å². The number of benzene rings is 7. The van der Waals surface area contributed by atoms with Gasteiger partial charge in [0.15, 0.2) is 23.1 Å².